The van der Waals surface area contributed by atoms with E-state index in [0.29, 0.717) is 0 Å². The predicted octanol–water partition coefficient (Wildman–Crippen LogP) is 3.50. The molecule has 1 aliphatic rings. The first-order valence-corrected chi connectivity index (χ1v) is 6.60. The van der Waals surface area contributed by atoms with Crippen LogP contribution in [0.1, 0.15) is 19.3 Å². The Hall–Kier alpha value is 1.88. The van der Waals surface area contributed by atoms with Gasteiger partial charge in [-0.25, -0.2) is 0 Å². The van der Waals surface area contributed by atoms with E-state index in [1.54, 1.807) is 0 Å². The highest BCUT2D eigenvalue weighted by Gasteiger charge is 2.52. The van der Waals surface area contributed by atoms with Crippen LogP contribution in [0.5, 0.6) is 0 Å². The van der Waals surface area contributed by atoms with Crippen LogP contribution in [-0.4, -0.2) is 17.7 Å². The van der Waals surface area contributed by atoms with Crippen LogP contribution < -0.4 is 0 Å². The van der Waals surface area contributed by atoms with Gasteiger partial charge >= 0.3 is 0 Å². The fraction of sp³-hybridized carbons (Fsp3) is 1.00. The van der Waals surface area contributed by atoms with Gasteiger partial charge in [0.1, 0.15) is 7.74 Å². The van der Waals surface area contributed by atoms with Crippen molar-refractivity contribution in [2.75, 3.05) is 0 Å². The zero-order valence-corrected chi connectivity index (χ0v) is 12.0. The lowest BCUT2D eigenvalue weighted by molar-refractivity contribution is 0.106. The van der Waals surface area contributed by atoms with E-state index in [-0.39, 0.29) is 4.83 Å². The Bertz CT molecular complexity index is 157. The lowest BCUT2D eigenvalue weighted by Crippen LogP contribution is -2.49. The minimum atomic E-state index is -0.855. The maximum absolute atomic E-state index is 9.87. The van der Waals surface area contributed by atoms with Gasteiger partial charge in [-0.2, -0.15) is 0 Å². The highest BCUT2D eigenvalue weighted by molar-refractivity contribution is 9.27. The van der Waals surface area contributed by atoms with Gasteiger partial charge in [0.25, 0.3) is 0 Å². The summed E-state index contributed by atoms with van der Waals surface area (Å²) in [6, 6.07) is 0. The van der Waals surface area contributed by atoms with E-state index >= 15 is 0 Å². The van der Waals surface area contributed by atoms with Crippen molar-refractivity contribution in [3.63, 3.8) is 0 Å². The highest BCUT2D eigenvalue weighted by Crippen LogP contribution is 2.53. The summed E-state index contributed by atoms with van der Waals surface area (Å²) in [4.78, 5) is 0.244. The lowest BCUT2D eigenvalue weighted by Gasteiger charge is -2.42. The minimum absolute atomic E-state index is 0.244. The molecule has 1 nitrogen and oxygen atoms in total. The Morgan fingerprint density at radius 3 is 2.18 bits per heavy atom. The van der Waals surface area contributed by atoms with Crippen LogP contribution in [-0.2, 0) is 0 Å². The third kappa shape index (κ3) is 2.03. The van der Waals surface area contributed by atoms with E-state index in [9.17, 15) is 5.11 Å². The molecule has 0 aromatic carbocycles. The number of hydrogen-bond acceptors (Lipinski definition) is 1. The van der Waals surface area contributed by atoms with Crippen LogP contribution in [0.15, 0.2) is 0 Å². The number of alkyl halides is 4. The van der Waals surface area contributed by atoms with E-state index in [4.69, 9.17) is 0 Å². The van der Waals surface area contributed by atoms with Crippen molar-refractivity contribution in [3.8, 4) is 0 Å². The topological polar surface area (TPSA) is 20.2 Å². The fourth-order valence-electron chi connectivity index (χ4n) is 1.10. The molecule has 1 rings (SSSR count). The largest absolute Gasteiger partial charge is 0.376 e. The Morgan fingerprint density at radius 1 is 1.27 bits per heavy atom. The molecule has 1 aliphatic carbocycles. The van der Waals surface area contributed by atoms with E-state index < -0.39 is 7.74 Å². The Labute approximate surface area is 99.8 Å². The molecule has 0 radical (unpaired) electrons. The molecule has 1 N–H and O–H groups in total. The summed E-state index contributed by atoms with van der Waals surface area (Å²) in [5, 5.41) is 9.87. The van der Waals surface area contributed by atoms with Crippen LogP contribution in [0.25, 0.3) is 0 Å². The first-order chi connectivity index (χ1) is 4.88. The van der Waals surface area contributed by atoms with Crippen molar-refractivity contribution >= 4 is 63.7 Å². The highest BCUT2D eigenvalue weighted by atomic mass is 79.9. The maximum Gasteiger partial charge on any atom is 0.145 e. The van der Waals surface area contributed by atoms with Crippen LogP contribution in [0.3, 0.4) is 0 Å². The van der Waals surface area contributed by atoms with Gasteiger partial charge in [0.15, 0.2) is 0 Å². The molecule has 1 fully saturated rings. The average molecular weight is 416 g/mol. The molecule has 2 atom stereocenters. The average Bonchev–Trinajstić information content (AvgIpc) is 1.84. The molecular formula is C6H8Br4O. The van der Waals surface area contributed by atoms with Crippen molar-refractivity contribution in [1.29, 1.82) is 0 Å². The number of aliphatic hydroxyl groups is 1. The minimum Gasteiger partial charge on any atom is -0.376 e. The summed E-state index contributed by atoms with van der Waals surface area (Å²) in [6.45, 7) is 0. The zero-order chi connectivity index (χ0) is 8.70. The summed E-state index contributed by atoms with van der Waals surface area (Å²) >= 11 is 13.7. The number of halogens is 4. The molecule has 0 saturated heterocycles. The summed E-state index contributed by atoms with van der Waals surface area (Å²) < 4.78 is -1.31. The molecule has 0 aromatic heterocycles. The maximum atomic E-state index is 9.87. The van der Waals surface area contributed by atoms with Gasteiger partial charge in [-0.05, 0) is 19.3 Å². The van der Waals surface area contributed by atoms with Crippen LogP contribution in [0.4, 0.5) is 0 Å². The molecule has 1 saturated carbocycles. The van der Waals surface area contributed by atoms with Gasteiger partial charge in [-0.15, -0.1) is 0 Å². The first kappa shape index (κ1) is 11.0. The second-order valence-corrected chi connectivity index (χ2v) is 8.73. The summed E-state index contributed by atoms with van der Waals surface area (Å²) in [5.41, 5.74) is 0. The third-order valence-corrected chi connectivity index (χ3v) is 8.75. The molecular weight excluding hydrogens is 408 g/mol. The normalized spacial score (nSPS) is 43.9. The zero-order valence-electron chi connectivity index (χ0n) is 5.66. The molecule has 0 amide bonds. The quantitative estimate of drug-likeness (QED) is 0.600. The van der Waals surface area contributed by atoms with Crippen molar-refractivity contribution in [2.45, 2.75) is 31.8 Å². The van der Waals surface area contributed by atoms with Crippen LogP contribution in [0, 0.1) is 0 Å². The van der Waals surface area contributed by atoms with Crippen LogP contribution >= 0.6 is 63.7 Å². The van der Waals surface area contributed by atoms with Crippen molar-refractivity contribution < 1.29 is 5.11 Å². The second kappa shape index (κ2) is 3.56. The van der Waals surface area contributed by atoms with Crippen molar-refractivity contribution in [1.82, 2.24) is 0 Å². The van der Waals surface area contributed by atoms with Crippen molar-refractivity contribution in [3.05, 3.63) is 0 Å². The molecule has 0 aliphatic heterocycles. The standard InChI is InChI=1S/C6H8Br4O/c7-4-2-1-3-5(8,11)6(4,9)10/h4,11H,1-3H2. The SMILES string of the molecule is OC1(Br)CCCC(Br)C1(Br)Br. The smallest absolute Gasteiger partial charge is 0.145 e. The summed E-state index contributed by atoms with van der Waals surface area (Å²) in [7, 11) is 0. The Balaban J connectivity index is 2.82. The monoisotopic (exact) mass is 412 g/mol. The van der Waals surface area contributed by atoms with Gasteiger partial charge in [0, 0.05) is 4.83 Å². The molecule has 11 heavy (non-hydrogen) atoms. The van der Waals surface area contributed by atoms with Gasteiger partial charge in [-0.3, -0.25) is 0 Å². The van der Waals surface area contributed by atoms with Gasteiger partial charge in [-0.1, -0.05) is 63.7 Å². The molecule has 66 valence electrons. The van der Waals surface area contributed by atoms with Gasteiger partial charge in [0.05, 0.1) is 0 Å². The van der Waals surface area contributed by atoms with Crippen molar-refractivity contribution in [2.24, 2.45) is 0 Å². The first-order valence-electron chi connectivity index (χ1n) is 3.31. The summed E-state index contributed by atoms with van der Waals surface area (Å²) in [6.07, 6.45) is 2.84. The lowest BCUT2D eigenvalue weighted by atomic mass is 9.97. The molecule has 2 unspecified atom stereocenters. The number of rotatable bonds is 0. The predicted molar refractivity (Wildman–Crippen MR) is 61.0 cm³/mol. The second-order valence-electron chi connectivity index (χ2n) is 2.74. The van der Waals surface area contributed by atoms with Gasteiger partial charge < -0.3 is 5.11 Å². The molecule has 0 heterocycles. The van der Waals surface area contributed by atoms with Gasteiger partial charge in [0.2, 0.25) is 0 Å². The van der Waals surface area contributed by atoms with Crippen LogP contribution in [0.2, 0.25) is 0 Å². The van der Waals surface area contributed by atoms with E-state index in [1.807, 2.05) is 0 Å². The molecule has 0 spiro atoms. The molecule has 0 aromatic rings. The summed E-state index contributed by atoms with van der Waals surface area (Å²) in [5.74, 6) is 0. The third-order valence-electron chi connectivity index (χ3n) is 1.87. The molecule has 0 bridgehead atoms. The Morgan fingerprint density at radius 2 is 1.82 bits per heavy atom. The van der Waals surface area contributed by atoms with E-state index in [0.717, 1.165) is 19.3 Å². The van der Waals surface area contributed by atoms with E-state index in [1.165, 1.54) is 0 Å². The fourth-order valence-corrected chi connectivity index (χ4v) is 3.52. The number of hydrogen-bond donors (Lipinski definition) is 1. The molecule has 5 heteroatoms. The van der Waals surface area contributed by atoms with E-state index in [2.05, 4.69) is 63.7 Å². The Kier molecular flexibility index (Phi) is 3.54.